The van der Waals surface area contributed by atoms with Gasteiger partial charge in [-0.05, 0) is 44.9 Å². The second-order valence-electron chi connectivity index (χ2n) is 6.08. The largest absolute Gasteiger partial charge is 0.507 e. The molecule has 0 heterocycles. The number of carbonyl (C=O) groups is 2. The predicted octanol–water partition coefficient (Wildman–Crippen LogP) is 3.80. The highest BCUT2D eigenvalue weighted by Crippen LogP contribution is 2.49. The van der Waals surface area contributed by atoms with E-state index in [4.69, 9.17) is 9.47 Å². The van der Waals surface area contributed by atoms with Gasteiger partial charge in [-0.3, -0.25) is 9.59 Å². The van der Waals surface area contributed by atoms with Gasteiger partial charge in [-0.25, -0.2) is 0 Å². The highest BCUT2D eigenvalue weighted by molar-refractivity contribution is 6.05. The predicted molar refractivity (Wildman–Crippen MR) is 97.8 cm³/mol. The van der Waals surface area contributed by atoms with Crippen molar-refractivity contribution in [3.8, 4) is 34.1 Å². The molecule has 138 valence electrons. The maximum Gasteiger partial charge on any atom is 0.163 e. The SMILES string of the molecule is COc1cc(O)c(C(C)=O)c(C)c1-c1c(OC)cc(C)c(C(C)=O)c1O. The van der Waals surface area contributed by atoms with Crippen LogP contribution in [0.1, 0.15) is 45.7 Å². The van der Waals surface area contributed by atoms with Crippen molar-refractivity contribution < 1.29 is 29.3 Å². The Morgan fingerprint density at radius 1 is 0.846 bits per heavy atom. The van der Waals surface area contributed by atoms with Gasteiger partial charge in [0, 0.05) is 11.6 Å². The van der Waals surface area contributed by atoms with Gasteiger partial charge in [0.2, 0.25) is 0 Å². The van der Waals surface area contributed by atoms with Gasteiger partial charge in [0.15, 0.2) is 11.6 Å². The minimum atomic E-state index is -0.332. The number of rotatable bonds is 5. The monoisotopic (exact) mass is 358 g/mol. The molecule has 0 amide bonds. The molecule has 0 aliphatic rings. The van der Waals surface area contributed by atoms with Crippen LogP contribution in [-0.2, 0) is 0 Å². The van der Waals surface area contributed by atoms with Gasteiger partial charge < -0.3 is 19.7 Å². The van der Waals surface area contributed by atoms with Gasteiger partial charge in [0.1, 0.15) is 23.0 Å². The van der Waals surface area contributed by atoms with Gasteiger partial charge in [0.25, 0.3) is 0 Å². The summed E-state index contributed by atoms with van der Waals surface area (Å²) in [5.41, 5.74) is 1.89. The van der Waals surface area contributed by atoms with E-state index in [-0.39, 0.29) is 45.5 Å². The minimum Gasteiger partial charge on any atom is -0.507 e. The number of benzene rings is 2. The standard InChI is InChI=1S/C20H22O6/c1-9-7-14(25-5)19(20(24)16(9)11(3)21)18-10(2)17(12(4)22)13(23)8-15(18)26-6/h7-8,23-24H,1-6H3. The number of methoxy groups -OCH3 is 2. The zero-order valence-electron chi connectivity index (χ0n) is 15.7. The average Bonchev–Trinajstić information content (AvgIpc) is 2.54. The highest BCUT2D eigenvalue weighted by atomic mass is 16.5. The van der Waals surface area contributed by atoms with Crippen LogP contribution in [0.4, 0.5) is 0 Å². The molecule has 0 spiro atoms. The molecule has 0 radical (unpaired) electrons. The molecule has 0 saturated heterocycles. The lowest BCUT2D eigenvalue weighted by atomic mass is 9.89. The lowest BCUT2D eigenvalue weighted by molar-refractivity contribution is 0.100. The summed E-state index contributed by atoms with van der Waals surface area (Å²) in [4.78, 5) is 24.0. The third-order valence-corrected chi connectivity index (χ3v) is 4.38. The Morgan fingerprint density at radius 3 is 1.81 bits per heavy atom. The lowest BCUT2D eigenvalue weighted by Gasteiger charge is -2.21. The Hall–Kier alpha value is -3.02. The van der Waals surface area contributed by atoms with Crippen molar-refractivity contribution in [3.63, 3.8) is 0 Å². The second kappa shape index (κ2) is 7.07. The van der Waals surface area contributed by atoms with Crippen LogP contribution in [0, 0.1) is 13.8 Å². The Kier molecular flexibility index (Phi) is 5.25. The van der Waals surface area contributed by atoms with Crippen LogP contribution < -0.4 is 9.47 Å². The summed E-state index contributed by atoms with van der Waals surface area (Å²) in [6, 6.07) is 2.95. The Morgan fingerprint density at radius 2 is 1.35 bits per heavy atom. The Labute approximate surface area is 152 Å². The lowest BCUT2D eigenvalue weighted by Crippen LogP contribution is -2.05. The van der Waals surface area contributed by atoms with E-state index in [1.54, 1.807) is 19.9 Å². The van der Waals surface area contributed by atoms with Gasteiger partial charge in [0.05, 0.1) is 30.9 Å². The van der Waals surface area contributed by atoms with Gasteiger partial charge >= 0.3 is 0 Å². The van der Waals surface area contributed by atoms with E-state index in [1.165, 1.54) is 34.1 Å². The summed E-state index contributed by atoms with van der Waals surface area (Å²) in [5.74, 6) is -0.528. The molecule has 2 aromatic rings. The Balaban J connectivity index is 3.05. The second-order valence-corrected chi connectivity index (χ2v) is 6.08. The molecule has 0 saturated carbocycles. The zero-order chi connectivity index (χ0) is 19.8. The normalized spacial score (nSPS) is 10.5. The molecule has 0 bridgehead atoms. The Bertz CT molecular complexity index is 836. The van der Waals surface area contributed by atoms with E-state index in [2.05, 4.69) is 0 Å². The molecule has 0 aliphatic carbocycles. The first kappa shape index (κ1) is 19.3. The van der Waals surface area contributed by atoms with E-state index in [1.807, 2.05) is 0 Å². The molecule has 0 fully saturated rings. The summed E-state index contributed by atoms with van der Waals surface area (Å²) < 4.78 is 10.8. The summed E-state index contributed by atoms with van der Waals surface area (Å²) in [5, 5.41) is 21.0. The number of hydrogen-bond acceptors (Lipinski definition) is 6. The zero-order valence-corrected chi connectivity index (χ0v) is 15.7. The van der Waals surface area contributed by atoms with Crippen molar-refractivity contribution in [3.05, 3.63) is 34.4 Å². The van der Waals surface area contributed by atoms with Crippen LogP contribution in [0.3, 0.4) is 0 Å². The number of carbonyl (C=O) groups excluding carboxylic acids is 2. The number of ether oxygens (including phenoxy) is 2. The van der Waals surface area contributed by atoms with Crippen molar-refractivity contribution >= 4 is 11.6 Å². The van der Waals surface area contributed by atoms with Crippen molar-refractivity contribution in [2.24, 2.45) is 0 Å². The molecule has 2 aromatic carbocycles. The molecule has 0 unspecified atom stereocenters. The van der Waals surface area contributed by atoms with Crippen LogP contribution >= 0.6 is 0 Å². The molecular formula is C20H22O6. The molecule has 26 heavy (non-hydrogen) atoms. The molecule has 2 rings (SSSR count). The fourth-order valence-electron chi connectivity index (χ4n) is 3.30. The average molecular weight is 358 g/mol. The maximum absolute atomic E-state index is 12.0. The molecule has 6 heteroatoms. The fourth-order valence-corrected chi connectivity index (χ4v) is 3.30. The summed E-state index contributed by atoms with van der Waals surface area (Å²) in [6.45, 7) is 6.04. The minimum absolute atomic E-state index is 0.118. The number of ketones is 2. The topological polar surface area (TPSA) is 93.1 Å². The number of phenols is 2. The van der Waals surface area contributed by atoms with Crippen molar-refractivity contribution in [1.29, 1.82) is 0 Å². The van der Waals surface area contributed by atoms with E-state index in [9.17, 15) is 19.8 Å². The van der Waals surface area contributed by atoms with Crippen LogP contribution in [0.5, 0.6) is 23.0 Å². The van der Waals surface area contributed by atoms with Gasteiger partial charge in [-0.15, -0.1) is 0 Å². The molecule has 0 aliphatic heterocycles. The smallest absolute Gasteiger partial charge is 0.163 e. The van der Waals surface area contributed by atoms with E-state index >= 15 is 0 Å². The van der Waals surface area contributed by atoms with Crippen LogP contribution in [0.2, 0.25) is 0 Å². The maximum atomic E-state index is 12.0. The first-order chi connectivity index (χ1) is 12.1. The number of aryl methyl sites for hydroxylation is 1. The molecular weight excluding hydrogens is 336 g/mol. The van der Waals surface area contributed by atoms with E-state index in [0.717, 1.165) is 0 Å². The first-order valence-corrected chi connectivity index (χ1v) is 7.98. The highest BCUT2D eigenvalue weighted by Gasteiger charge is 2.27. The molecule has 2 N–H and O–H groups in total. The number of Topliss-reactive ketones (excluding diaryl/α,β-unsaturated/α-hetero) is 2. The summed E-state index contributed by atoms with van der Waals surface area (Å²) in [6.07, 6.45) is 0. The van der Waals surface area contributed by atoms with E-state index in [0.29, 0.717) is 22.4 Å². The van der Waals surface area contributed by atoms with Crippen LogP contribution in [-0.4, -0.2) is 36.0 Å². The van der Waals surface area contributed by atoms with Gasteiger partial charge in [-0.1, -0.05) is 0 Å². The van der Waals surface area contributed by atoms with Crippen LogP contribution in [0.15, 0.2) is 12.1 Å². The van der Waals surface area contributed by atoms with Crippen molar-refractivity contribution in [2.45, 2.75) is 27.7 Å². The van der Waals surface area contributed by atoms with Crippen molar-refractivity contribution in [1.82, 2.24) is 0 Å². The third-order valence-electron chi connectivity index (χ3n) is 4.38. The molecule has 0 aromatic heterocycles. The third kappa shape index (κ3) is 2.98. The van der Waals surface area contributed by atoms with Crippen molar-refractivity contribution in [2.75, 3.05) is 14.2 Å². The van der Waals surface area contributed by atoms with Gasteiger partial charge in [-0.2, -0.15) is 0 Å². The summed E-state index contributed by atoms with van der Waals surface area (Å²) in [7, 11) is 2.86. The van der Waals surface area contributed by atoms with E-state index < -0.39 is 0 Å². The number of hydrogen-bond donors (Lipinski definition) is 2. The molecule has 0 atom stereocenters. The molecule has 6 nitrogen and oxygen atoms in total. The van der Waals surface area contributed by atoms with Crippen LogP contribution in [0.25, 0.3) is 11.1 Å². The summed E-state index contributed by atoms with van der Waals surface area (Å²) >= 11 is 0. The quantitative estimate of drug-likeness (QED) is 0.790. The number of aromatic hydroxyl groups is 2. The fraction of sp³-hybridized carbons (Fsp3) is 0.300. The first-order valence-electron chi connectivity index (χ1n) is 7.98. The number of phenolic OH excluding ortho intramolecular Hbond substituents is 2.